The summed E-state index contributed by atoms with van der Waals surface area (Å²) in [5.41, 5.74) is 0. The zero-order valence-corrected chi connectivity index (χ0v) is 8.68. The molecule has 0 aromatic carbocycles. The monoisotopic (exact) mass is 209 g/mol. The van der Waals surface area contributed by atoms with Crippen LogP contribution in [0.1, 0.15) is 33.1 Å². The summed E-state index contributed by atoms with van der Waals surface area (Å²) >= 11 is 0. The van der Waals surface area contributed by atoms with E-state index in [0.717, 1.165) is 19.3 Å². The number of hydrogen-bond acceptors (Lipinski definition) is 1. The van der Waals surface area contributed by atoms with Crippen molar-refractivity contribution in [1.82, 2.24) is 0 Å². The lowest BCUT2D eigenvalue weighted by atomic mass is 9.81. The van der Waals surface area contributed by atoms with Gasteiger partial charge in [0.1, 0.15) is 0 Å². The molecule has 2 atom stereocenters. The Morgan fingerprint density at radius 3 is 2.00 bits per heavy atom. The number of halogens is 3. The van der Waals surface area contributed by atoms with Crippen molar-refractivity contribution in [2.45, 2.75) is 39.2 Å². The molecule has 0 aromatic rings. The van der Waals surface area contributed by atoms with Crippen molar-refractivity contribution in [2.75, 3.05) is 6.51 Å². The van der Waals surface area contributed by atoms with E-state index in [0.29, 0.717) is 11.8 Å². The molecule has 1 fully saturated rings. The Bertz CT molecular complexity index is 173. The van der Waals surface area contributed by atoms with Crippen LogP contribution in [0.3, 0.4) is 0 Å². The minimum Gasteiger partial charge on any atom is -0.447 e. The third kappa shape index (κ3) is 4.35. The Labute approximate surface area is 83.1 Å². The van der Waals surface area contributed by atoms with Gasteiger partial charge >= 0.3 is 6.98 Å². The Morgan fingerprint density at radius 1 is 1.07 bits per heavy atom. The van der Waals surface area contributed by atoms with Crippen LogP contribution >= 0.6 is 0 Å². The standard InChI is InChI=1S/C9H17BF3O/c1-7-3-8(2)5-9(4-7)14-6-10(11,12)13/h7-9H,3-6H2,1-2H3/q-1. The zero-order chi connectivity index (χ0) is 10.8. The van der Waals surface area contributed by atoms with E-state index in [-0.39, 0.29) is 6.10 Å². The largest absolute Gasteiger partial charge is 0.503 e. The average molecular weight is 209 g/mol. The summed E-state index contributed by atoms with van der Waals surface area (Å²) in [5, 5.41) is 0. The summed E-state index contributed by atoms with van der Waals surface area (Å²) < 4.78 is 40.7. The van der Waals surface area contributed by atoms with Gasteiger partial charge < -0.3 is 17.7 Å². The third-order valence-electron chi connectivity index (χ3n) is 2.66. The molecule has 1 nitrogen and oxygen atoms in total. The van der Waals surface area contributed by atoms with Gasteiger partial charge in [-0.15, -0.1) is 0 Å². The molecule has 84 valence electrons. The summed E-state index contributed by atoms with van der Waals surface area (Å²) in [7, 11) is 0. The van der Waals surface area contributed by atoms with Gasteiger partial charge in [-0.2, -0.15) is 0 Å². The first-order valence-electron chi connectivity index (χ1n) is 5.19. The van der Waals surface area contributed by atoms with Crippen molar-refractivity contribution in [3.63, 3.8) is 0 Å². The average Bonchev–Trinajstić information content (AvgIpc) is 1.97. The Balaban J connectivity index is 2.30. The topological polar surface area (TPSA) is 9.23 Å². The highest BCUT2D eigenvalue weighted by atomic mass is 19.4. The number of hydrogen-bond donors (Lipinski definition) is 0. The van der Waals surface area contributed by atoms with Crippen LogP contribution in [0, 0.1) is 11.8 Å². The molecule has 1 aliphatic carbocycles. The van der Waals surface area contributed by atoms with Gasteiger partial charge in [0.2, 0.25) is 0 Å². The fourth-order valence-electron chi connectivity index (χ4n) is 2.25. The van der Waals surface area contributed by atoms with E-state index in [1.54, 1.807) is 0 Å². The normalized spacial score (nSPS) is 34.5. The number of ether oxygens (including phenoxy) is 1. The lowest BCUT2D eigenvalue weighted by molar-refractivity contribution is 0.0131. The third-order valence-corrected chi connectivity index (χ3v) is 2.66. The second-order valence-electron chi connectivity index (χ2n) is 4.58. The van der Waals surface area contributed by atoms with E-state index in [9.17, 15) is 12.9 Å². The molecule has 0 bridgehead atoms. The first kappa shape index (κ1) is 11.9. The summed E-state index contributed by atoms with van der Waals surface area (Å²) in [5.74, 6) is 0.981. The fraction of sp³-hybridized carbons (Fsp3) is 1.00. The van der Waals surface area contributed by atoms with Crippen molar-refractivity contribution >= 4 is 6.98 Å². The van der Waals surface area contributed by atoms with Crippen LogP contribution in [0.2, 0.25) is 0 Å². The van der Waals surface area contributed by atoms with E-state index in [4.69, 9.17) is 4.74 Å². The summed E-state index contributed by atoms with van der Waals surface area (Å²) in [6.07, 6.45) is 2.47. The predicted octanol–water partition coefficient (Wildman–Crippen LogP) is 3.21. The van der Waals surface area contributed by atoms with Gasteiger partial charge in [0.25, 0.3) is 0 Å². The van der Waals surface area contributed by atoms with Crippen LogP contribution in [0.5, 0.6) is 0 Å². The molecule has 0 heterocycles. The van der Waals surface area contributed by atoms with Crippen LogP contribution in [0.25, 0.3) is 0 Å². The quantitative estimate of drug-likeness (QED) is 0.648. The van der Waals surface area contributed by atoms with Crippen LogP contribution in [0.15, 0.2) is 0 Å². The zero-order valence-electron chi connectivity index (χ0n) is 8.68. The van der Waals surface area contributed by atoms with Crippen LogP contribution in [-0.2, 0) is 4.74 Å². The van der Waals surface area contributed by atoms with Gasteiger partial charge in [0.15, 0.2) is 0 Å². The first-order valence-corrected chi connectivity index (χ1v) is 5.19. The minimum atomic E-state index is -4.78. The lowest BCUT2D eigenvalue weighted by Gasteiger charge is -2.32. The molecule has 0 amide bonds. The van der Waals surface area contributed by atoms with Gasteiger partial charge in [-0.1, -0.05) is 13.8 Å². The van der Waals surface area contributed by atoms with Crippen LogP contribution < -0.4 is 0 Å². The van der Waals surface area contributed by atoms with Crippen LogP contribution in [0.4, 0.5) is 12.9 Å². The molecule has 0 N–H and O–H groups in total. The highest BCUT2D eigenvalue weighted by molar-refractivity contribution is 6.58. The second-order valence-corrected chi connectivity index (χ2v) is 4.58. The molecule has 0 aliphatic heterocycles. The van der Waals surface area contributed by atoms with Gasteiger partial charge in [0, 0.05) is 6.51 Å². The van der Waals surface area contributed by atoms with E-state index in [1.807, 2.05) is 0 Å². The van der Waals surface area contributed by atoms with Crippen molar-refractivity contribution in [1.29, 1.82) is 0 Å². The van der Waals surface area contributed by atoms with Gasteiger partial charge in [-0.25, -0.2) is 0 Å². The van der Waals surface area contributed by atoms with Gasteiger partial charge in [-0.3, -0.25) is 0 Å². The molecule has 0 radical (unpaired) electrons. The Morgan fingerprint density at radius 2 is 1.57 bits per heavy atom. The molecule has 1 rings (SSSR count). The highest BCUT2D eigenvalue weighted by Crippen LogP contribution is 2.30. The molecule has 5 heteroatoms. The highest BCUT2D eigenvalue weighted by Gasteiger charge is 2.29. The predicted molar refractivity (Wildman–Crippen MR) is 51.0 cm³/mol. The maximum absolute atomic E-state index is 11.9. The molecule has 1 saturated carbocycles. The van der Waals surface area contributed by atoms with E-state index in [1.165, 1.54) is 0 Å². The van der Waals surface area contributed by atoms with E-state index in [2.05, 4.69) is 13.8 Å². The van der Waals surface area contributed by atoms with Crippen molar-refractivity contribution < 1.29 is 17.7 Å². The molecule has 14 heavy (non-hydrogen) atoms. The molecule has 0 saturated heterocycles. The SMILES string of the molecule is CC1CC(C)CC(OC[B-](F)(F)F)C1. The smallest absolute Gasteiger partial charge is 0.447 e. The minimum absolute atomic E-state index is 0.183. The van der Waals surface area contributed by atoms with Crippen molar-refractivity contribution in [3.05, 3.63) is 0 Å². The molecule has 0 spiro atoms. The van der Waals surface area contributed by atoms with Crippen LogP contribution in [-0.4, -0.2) is 19.6 Å². The van der Waals surface area contributed by atoms with Gasteiger partial charge in [0.05, 0.1) is 6.10 Å². The van der Waals surface area contributed by atoms with E-state index >= 15 is 0 Å². The molecular formula is C9H17BF3O-. The summed E-state index contributed by atoms with van der Waals surface area (Å²) in [4.78, 5) is 0. The maximum atomic E-state index is 11.9. The fourth-order valence-corrected chi connectivity index (χ4v) is 2.25. The molecular weight excluding hydrogens is 192 g/mol. The van der Waals surface area contributed by atoms with Crippen molar-refractivity contribution in [3.8, 4) is 0 Å². The Kier molecular flexibility index (Phi) is 3.87. The maximum Gasteiger partial charge on any atom is 0.503 e. The lowest BCUT2D eigenvalue weighted by Crippen LogP contribution is -2.32. The Hall–Kier alpha value is -0.185. The summed E-state index contributed by atoms with van der Waals surface area (Å²) in [6, 6.07) is 0. The molecule has 0 aromatic heterocycles. The number of rotatable bonds is 3. The second kappa shape index (κ2) is 4.56. The first-order chi connectivity index (χ1) is 6.37. The molecule has 2 unspecified atom stereocenters. The van der Waals surface area contributed by atoms with Gasteiger partial charge in [-0.05, 0) is 31.1 Å². The summed E-state index contributed by atoms with van der Waals surface area (Å²) in [6.45, 7) is -1.67. The van der Waals surface area contributed by atoms with Crippen molar-refractivity contribution in [2.24, 2.45) is 11.8 Å². The molecule has 1 aliphatic rings. The van der Waals surface area contributed by atoms with E-state index < -0.39 is 13.5 Å².